The number of nitrogens with zero attached hydrogens (tertiary/aromatic N) is 4. The van der Waals surface area contributed by atoms with Crippen molar-refractivity contribution >= 4 is 11.6 Å². The van der Waals surface area contributed by atoms with Crippen molar-refractivity contribution in [3.8, 4) is 0 Å². The average molecular weight is 285 g/mol. The van der Waals surface area contributed by atoms with Gasteiger partial charge in [-0.05, 0) is 37.5 Å². The zero-order valence-electron chi connectivity index (χ0n) is 12.1. The summed E-state index contributed by atoms with van der Waals surface area (Å²) in [5.41, 5.74) is 8.07. The summed E-state index contributed by atoms with van der Waals surface area (Å²) in [5.74, 6) is 0.0459. The number of hydrogen-bond donors (Lipinski definition) is 1. The normalized spacial score (nSPS) is 18.7. The predicted molar refractivity (Wildman–Crippen MR) is 79.8 cm³/mol. The fourth-order valence-electron chi connectivity index (χ4n) is 2.80. The van der Waals surface area contributed by atoms with Gasteiger partial charge in [0, 0.05) is 24.3 Å². The van der Waals surface area contributed by atoms with Crippen LogP contribution in [0.5, 0.6) is 0 Å². The lowest BCUT2D eigenvalue weighted by molar-refractivity contribution is 0.0672. The number of carbonyl (C=O) groups excluding carboxylic acids is 1. The molecule has 1 aliphatic rings. The topological polar surface area (TPSA) is 77.0 Å². The zero-order valence-corrected chi connectivity index (χ0v) is 12.1. The Morgan fingerprint density at radius 3 is 3.05 bits per heavy atom. The molecule has 1 unspecified atom stereocenters. The highest BCUT2D eigenvalue weighted by Crippen LogP contribution is 2.23. The van der Waals surface area contributed by atoms with Gasteiger partial charge in [-0.25, -0.2) is 9.67 Å². The molecule has 1 aromatic carbocycles. The van der Waals surface area contributed by atoms with Crippen molar-refractivity contribution < 1.29 is 4.79 Å². The maximum Gasteiger partial charge on any atom is 0.254 e. The van der Waals surface area contributed by atoms with E-state index in [0.29, 0.717) is 17.8 Å². The van der Waals surface area contributed by atoms with Crippen LogP contribution in [0.15, 0.2) is 30.9 Å². The molecule has 6 heteroatoms. The molecule has 1 aliphatic heterocycles. The number of aromatic nitrogens is 3. The van der Waals surface area contributed by atoms with E-state index in [1.807, 2.05) is 28.6 Å². The van der Waals surface area contributed by atoms with E-state index in [1.54, 1.807) is 12.4 Å². The number of aryl methyl sites for hydroxylation is 1. The smallest absolute Gasteiger partial charge is 0.254 e. The Hall–Kier alpha value is -2.37. The molecule has 0 bridgehead atoms. The van der Waals surface area contributed by atoms with Crippen LogP contribution in [0.25, 0.3) is 0 Å². The molecule has 1 saturated heterocycles. The van der Waals surface area contributed by atoms with E-state index in [1.165, 1.54) is 6.33 Å². The summed E-state index contributed by atoms with van der Waals surface area (Å²) < 4.78 is 1.84. The van der Waals surface area contributed by atoms with Gasteiger partial charge in [0.1, 0.15) is 12.7 Å². The first-order valence-electron chi connectivity index (χ1n) is 7.14. The fraction of sp³-hybridized carbons (Fsp3) is 0.400. The highest BCUT2D eigenvalue weighted by Gasteiger charge is 2.26. The summed E-state index contributed by atoms with van der Waals surface area (Å²) in [4.78, 5) is 18.6. The first-order valence-corrected chi connectivity index (χ1v) is 7.14. The largest absolute Gasteiger partial charge is 0.399 e. The van der Waals surface area contributed by atoms with Crippen LogP contribution in [-0.4, -0.2) is 38.7 Å². The third kappa shape index (κ3) is 2.74. The standard InChI is InChI=1S/C15H19N5O/c1-11-4-5-12(16)7-14(11)15(21)19-6-2-3-13(8-19)20-10-17-9-18-20/h4-5,7,9-10,13H,2-3,6,8,16H2,1H3. The number of nitrogens with two attached hydrogens (primary N) is 1. The average Bonchev–Trinajstić information content (AvgIpc) is 3.03. The van der Waals surface area contributed by atoms with Gasteiger partial charge >= 0.3 is 0 Å². The number of likely N-dealkylation sites (tertiary alicyclic amines) is 1. The third-order valence-electron chi connectivity index (χ3n) is 3.99. The van der Waals surface area contributed by atoms with E-state index in [0.717, 1.165) is 24.9 Å². The van der Waals surface area contributed by atoms with Gasteiger partial charge in [-0.2, -0.15) is 5.10 Å². The summed E-state index contributed by atoms with van der Waals surface area (Å²) in [6, 6.07) is 5.67. The molecular weight excluding hydrogens is 266 g/mol. The maximum atomic E-state index is 12.7. The summed E-state index contributed by atoms with van der Waals surface area (Å²) in [6.07, 6.45) is 5.23. The summed E-state index contributed by atoms with van der Waals surface area (Å²) >= 11 is 0. The number of benzene rings is 1. The van der Waals surface area contributed by atoms with Crippen molar-refractivity contribution in [2.24, 2.45) is 0 Å². The van der Waals surface area contributed by atoms with Crippen LogP contribution in [0.2, 0.25) is 0 Å². The summed E-state index contributed by atoms with van der Waals surface area (Å²) in [6.45, 7) is 3.38. The van der Waals surface area contributed by atoms with E-state index < -0.39 is 0 Å². The Morgan fingerprint density at radius 1 is 1.43 bits per heavy atom. The molecule has 1 amide bonds. The highest BCUT2D eigenvalue weighted by molar-refractivity contribution is 5.96. The van der Waals surface area contributed by atoms with Gasteiger partial charge in [0.2, 0.25) is 0 Å². The van der Waals surface area contributed by atoms with Crippen LogP contribution in [0.1, 0.15) is 34.8 Å². The van der Waals surface area contributed by atoms with Crippen molar-refractivity contribution in [3.05, 3.63) is 42.0 Å². The second kappa shape index (κ2) is 5.55. The lowest BCUT2D eigenvalue weighted by atomic mass is 10.0. The Labute approximate surface area is 123 Å². The number of piperidine rings is 1. The number of amides is 1. The first kappa shape index (κ1) is 13.6. The first-order chi connectivity index (χ1) is 10.1. The highest BCUT2D eigenvalue weighted by atomic mass is 16.2. The second-order valence-corrected chi connectivity index (χ2v) is 5.50. The molecule has 21 heavy (non-hydrogen) atoms. The minimum atomic E-state index is 0.0459. The molecule has 2 aromatic rings. The van der Waals surface area contributed by atoms with Crippen LogP contribution in [0.3, 0.4) is 0 Å². The molecule has 2 N–H and O–H groups in total. The van der Waals surface area contributed by atoms with Gasteiger partial charge in [-0.15, -0.1) is 0 Å². The molecule has 0 radical (unpaired) electrons. The van der Waals surface area contributed by atoms with E-state index in [4.69, 9.17) is 5.73 Å². The molecule has 1 atom stereocenters. The molecule has 1 aromatic heterocycles. The van der Waals surface area contributed by atoms with Crippen molar-refractivity contribution in [1.29, 1.82) is 0 Å². The number of carbonyl (C=O) groups is 1. The molecule has 0 aliphatic carbocycles. The molecule has 2 heterocycles. The van der Waals surface area contributed by atoms with Crippen molar-refractivity contribution in [2.45, 2.75) is 25.8 Å². The Morgan fingerprint density at radius 2 is 2.29 bits per heavy atom. The van der Waals surface area contributed by atoms with E-state index >= 15 is 0 Å². The quantitative estimate of drug-likeness (QED) is 0.851. The molecule has 0 saturated carbocycles. The van der Waals surface area contributed by atoms with E-state index in [2.05, 4.69) is 10.1 Å². The summed E-state index contributed by atoms with van der Waals surface area (Å²) in [7, 11) is 0. The van der Waals surface area contributed by atoms with Crippen molar-refractivity contribution in [1.82, 2.24) is 19.7 Å². The monoisotopic (exact) mass is 285 g/mol. The van der Waals surface area contributed by atoms with E-state index in [9.17, 15) is 4.79 Å². The number of nitrogen functional groups attached to an aromatic ring is 1. The van der Waals surface area contributed by atoms with Gasteiger partial charge < -0.3 is 10.6 Å². The van der Waals surface area contributed by atoms with Crippen molar-refractivity contribution in [2.75, 3.05) is 18.8 Å². The Bertz CT molecular complexity index is 638. The molecule has 0 spiro atoms. The van der Waals surface area contributed by atoms with Gasteiger partial charge in [0.05, 0.1) is 6.04 Å². The predicted octanol–water partition coefficient (Wildman–Crippen LogP) is 1.65. The van der Waals surface area contributed by atoms with E-state index in [-0.39, 0.29) is 11.9 Å². The number of rotatable bonds is 2. The van der Waals surface area contributed by atoms with Crippen LogP contribution >= 0.6 is 0 Å². The molecule has 1 fully saturated rings. The fourth-order valence-corrected chi connectivity index (χ4v) is 2.80. The maximum absolute atomic E-state index is 12.7. The van der Waals surface area contributed by atoms with Crippen LogP contribution in [-0.2, 0) is 0 Å². The number of hydrogen-bond acceptors (Lipinski definition) is 4. The molecule has 6 nitrogen and oxygen atoms in total. The van der Waals surface area contributed by atoms with Crippen LogP contribution in [0, 0.1) is 6.92 Å². The van der Waals surface area contributed by atoms with Gasteiger partial charge in [-0.1, -0.05) is 6.07 Å². The minimum Gasteiger partial charge on any atom is -0.399 e. The SMILES string of the molecule is Cc1ccc(N)cc1C(=O)N1CCCC(n2cncn2)C1. The molecular formula is C15H19N5O. The minimum absolute atomic E-state index is 0.0459. The second-order valence-electron chi connectivity index (χ2n) is 5.50. The molecule has 110 valence electrons. The van der Waals surface area contributed by atoms with Gasteiger partial charge in [0.15, 0.2) is 0 Å². The van der Waals surface area contributed by atoms with Crippen molar-refractivity contribution in [3.63, 3.8) is 0 Å². The third-order valence-corrected chi connectivity index (χ3v) is 3.99. The Balaban J connectivity index is 1.79. The lowest BCUT2D eigenvalue weighted by Crippen LogP contribution is -2.41. The van der Waals surface area contributed by atoms with Gasteiger partial charge in [0.25, 0.3) is 5.91 Å². The zero-order chi connectivity index (χ0) is 14.8. The van der Waals surface area contributed by atoms with Crippen LogP contribution < -0.4 is 5.73 Å². The Kier molecular flexibility index (Phi) is 3.60. The summed E-state index contributed by atoms with van der Waals surface area (Å²) in [5, 5.41) is 4.19. The number of anilines is 1. The van der Waals surface area contributed by atoms with Gasteiger partial charge in [-0.3, -0.25) is 4.79 Å². The molecule has 3 rings (SSSR count). The lowest BCUT2D eigenvalue weighted by Gasteiger charge is -2.33. The van der Waals surface area contributed by atoms with Crippen LogP contribution in [0.4, 0.5) is 5.69 Å².